The molecule has 0 aromatic heterocycles. The molecule has 0 bridgehead atoms. The molecule has 1 aromatic rings. The van der Waals surface area contributed by atoms with Crippen LogP contribution in [0.4, 0.5) is 0 Å². The van der Waals surface area contributed by atoms with Crippen molar-refractivity contribution in [2.45, 2.75) is 24.8 Å². The molecule has 0 spiro atoms. The molecule has 14 heavy (non-hydrogen) atoms. The molecule has 0 aliphatic carbocycles. The zero-order valence-corrected chi connectivity index (χ0v) is 9.64. The fourth-order valence-corrected chi connectivity index (χ4v) is 1.73. The molecule has 3 N–H and O–H groups in total. The zero-order chi connectivity index (χ0) is 10.7. The summed E-state index contributed by atoms with van der Waals surface area (Å²) in [6.07, 6.45) is 2.01. The first-order valence-corrected chi connectivity index (χ1v) is 5.91. The smallest absolute Gasteiger partial charge is 0.120 e. The largest absolute Gasteiger partial charge is 0.508 e. The number of phenolic OH excluding ortho intramolecular Hbond substituents is 1. The van der Waals surface area contributed by atoms with Crippen molar-refractivity contribution in [1.82, 2.24) is 0 Å². The molecule has 0 saturated heterocycles. The first-order chi connectivity index (χ1) is 6.56. The van der Waals surface area contributed by atoms with Gasteiger partial charge in [-0.3, -0.25) is 0 Å². The molecule has 0 unspecified atom stereocenters. The number of hydrogen-bond acceptors (Lipinski definition) is 3. The number of benzene rings is 1. The Morgan fingerprint density at radius 3 is 2.50 bits per heavy atom. The van der Waals surface area contributed by atoms with Gasteiger partial charge in [0.15, 0.2) is 0 Å². The Balaban J connectivity index is 3.05. The molecule has 0 radical (unpaired) electrons. The molecular weight excluding hydrogens is 194 g/mol. The number of phenols is 1. The van der Waals surface area contributed by atoms with Crippen LogP contribution in [0.15, 0.2) is 23.1 Å². The Morgan fingerprint density at radius 2 is 2.00 bits per heavy atom. The lowest BCUT2D eigenvalue weighted by molar-refractivity contribution is 0.439. The highest BCUT2D eigenvalue weighted by Crippen LogP contribution is 2.30. The van der Waals surface area contributed by atoms with Crippen molar-refractivity contribution >= 4 is 11.8 Å². The van der Waals surface area contributed by atoms with Crippen LogP contribution >= 0.6 is 11.8 Å². The molecule has 2 nitrogen and oxygen atoms in total. The van der Waals surface area contributed by atoms with Crippen LogP contribution in [-0.2, 0) is 0 Å². The Labute approximate surface area is 89.5 Å². The minimum atomic E-state index is -0.0953. The summed E-state index contributed by atoms with van der Waals surface area (Å²) in [5, 5.41) is 9.66. The fourth-order valence-electron chi connectivity index (χ4n) is 1.29. The third-order valence-electron chi connectivity index (χ3n) is 2.31. The van der Waals surface area contributed by atoms with Gasteiger partial charge in [0.25, 0.3) is 0 Å². The van der Waals surface area contributed by atoms with E-state index in [0.717, 1.165) is 10.5 Å². The maximum absolute atomic E-state index is 9.66. The molecule has 0 fully saturated rings. The third kappa shape index (κ3) is 2.42. The van der Waals surface area contributed by atoms with Gasteiger partial charge in [-0.1, -0.05) is 13.8 Å². The van der Waals surface area contributed by atoms with Crippen LogP contribution in [0, 0.1) is 5.92 Å². The molecule has 3 heteroatoms. The highest BCUT2D eigenvalue weighted by molar-refractivity contribution is 7.98. The highest BCUT2D eigenvalue weighted by atomic mass is 32.2. The lowest BCUT2D eigenvalue weighted by Gasteiger charge is -2.17. The molecule has 0 aliphatic heterocycles. The van der Waals surface area contributed by atoms with E-state index in [9.17, 15) is 5.11 Å². The maximum atomic E-state index is 9.66. The average molecular weight is 211 g/mol. The van der Waals surface area contributed by atoms with Crippen molar-refractivity contribution in [3.05, 3.63) is 23.8 Å². The van der Waals surface area contributed by atoms with E-state index in [1.165, 1.54) is 0 Å². The van der Waals surface area contributed by atoms with E-state index in [-0.39, 0.29) is 6.04 Å². The van der Waals surface area contributed by atoms with Crippen molar-refractivity contribution in [2.75, 3.05) is 6.26 Å². The average Bonchev–Trinajstić information content (AvgIpc) is 2.17. The predicted octanol–water partition coefficient (Wildman–Crippen LogP) is 2.77. The summed E-state index contributed by atoms with van der Waals surface area (Å²) in [4.78, 5) is 1.13. The van der Waals surface area contributed by atoms with Crippen LogP contribution in [0.5, 0.6) is 5.75 Å². The van der Waals surface area contributed by atoms with E-state index in [4.69, 9.17) is 5.73 Å². The quantitative estimate of drug-likeness (QED) is 0.756. The SMILES string of the molecule is CSc1ccc(O)c([C@H](N)C(C)C)c1. The van der Waals surface area contributed by atoms with E-state index < -0.39 is 0 Å². The summed E-state index contributed by atoms with van der Waals surface area (Å²) in [6.45, 7) is 4.10. The molecule has 1 atom stereocenters. The summed E-state index contributed by atoms with van der Waals surface area (Å²) in [5.41, 5.74) is 6.83. The van der Waals surface area contributed by atoms with Crippen LogP contribution in [0.2, 0.25) is 0 Å². The van der Waals surface area contributed by atoms with Gasteiger partial charge in [-0.05, 0) is 30.4 Å². The van der Waals surface area contributed by atoms with Crippen molar-refractivity contribution in [2.24, 2.45) is 11.7 Å². The Kier molecular flexibility index (Phi) is 3.84. The Bertz CT molecular complexity index is 312. The van der Waals surface area contributed by atoms with Gasteiger partial charge >= 0.3 is 0 Å². The van der Waals surface area contributed by atoms with Gasteiger partial charge in [0.1, 0.15) is 5.75 Å². The lowest BCUT2D eigenvalue weighted by atomic mass is 9.96. The van der Waals surface area contributed by atoms with Gasteiger partial charge in [0.05, 0.1) is 0 Å². The van der Waals surface area contributed by atoms with Gasteiger partial charge in [0.2, 0.25) is 0 Å². The number of thioether (sulfide) groups is 1. The molecule has 1 aromatic carbocycles. The second-order valence-corrected chi connectivity index (χ2v) is 4.57. The van der Waals surface area contributed by atoms with Crippen molar-refractivity contribution in [3.8, 4) is 5.75 Å². The Morgan fingerprint density at radius 1 is 1.36 bits per heavy atom. The first kappa shape index (κ1) is 11.4. The molecule has 1 rings (SSSR count). The maximum Gasteiger partial charge on any atom is 0.120 e. The zero-order valence-electron chi connectivity index (χ0n) is 8.82. The molecule has 0 amide bonds. The summed E-state index contributed by atoms with van der Waals surface area (Å²) in [6, 6.07) is 5.48. The number of aromatic hydroxyl groups is 1. The van der Waals surface area contributed by atoms with Gasteiger partial charge in [0, 0.05) is 16.5 Å². The van der Waals surface area contributed by atoms with Crippen LogP contribution in [0.1, 0.15) is 25.5 Å². The standard InChI is InChI=1S/C11H17NOS/c1-7(2)11(12)9-6-8(14-3)4-5-10(9)13/h4-7,11,13H,12H2,1-3H3/t11-/m1/s1. The van der Waals surface area contributed by atoms with E-state index >= 15 is 0 Å². The van der Waals surface area contributed by atoms with Crippen LogP contribution in [0.3, 0.4) is 0 Å². The minimum absolute atomic E-state index is 0.0953. The lowest BCUT2D eigenvalue weighted by Crippen LogP contribution is -2.16. The summed E-state index contributed by atoms with van der Waals surface area (Å²) >= 11 is 1.65. The van der Waals surface area contributed by atoms with Crippen LogP contribution < -0.4 is 5.73 Å². The van der Waals surface area contributed by atoms with E-state index in [1.54, 1.807) is 17.8 Å². The second kappa shape index (κ2) is 4.71. The molecule has 0 saturated carbocycles. The number of rotatable bonds is 3. The normalized spacial score (nSPS) is 13.2. The van der Waals surface area contributed by atoms with Gasteiger partial charge in [-0.15, -0.1) is 11.8 Å². The van der Waals surface area contributed by atoms with Gasteiger partial charge < -0.3 is 10.8 Å². The molecule has 0 aliphatic rings. The van der Waals surface area contributed by atoms with E-state index in [2.05, 4.69) is 13.8 Å². The second-order valence-electron chi connectivity index (χ2n) is 3.69. The molecule has 0 heterocycles. The third-order valence-corrected chi connectivity index (χ3v) is 3.04. The van der Waals surface area contributed by atoms with Crippen molar-refractivity contribution in [1.29, 1.82) is 0 Å². The summed E-state index contributed by atoms with van der Waals surface area (Å²) in [7, 11) is 0. The summed E-state index contributed by atoms with van der Waals surface area (Å²) in [5.74, 6) is 0.627. The van der Waals surface area contributed by atoms with Crippen LogP contribution in [0.25, 0.3) is 0 Å². The first-order valence-electron chi connectivity index (χ1n) is 4.68. The minimum Gasteiger partial charge on any atom is -0.508 e. The monoisotopic (exact) mass is 211 g/mol. The van der Waals surface area contributed by atoms with E-state index in [0.29, 0.717) is 11.7 Å². The predicted molar refractivity (Wildman–Crippen MR) is 61.7 cm³/mol. The van der Waals surface area contributed by atoms with Crippen LogP contribution in [-0.4, -0.2) is 11.4 Å². The summed E-state index contributed by atoms with van der Waals surface area (Å²) < 4.78 is 0. The highest BCUT2D eigenvalue weighted by Gasteiger charge is 2.14. The number of nitrogens with two attached hydrogens (primary N) is 1. The van der Waals surface area contributed by atoms with E-state index in [1.807, 2.05) is 18.4 Å². The van der Waals surface area contributed by atoms with Crippen molar-refractivity contribution < 1.29 is 5.11 Å². The van der Waals surface area contributed by atoms with Crippen molar-refractivity contribution in [3.63, 3.8) is 0 Å². The van der Waals surface area contributed by atoms with Gasteiger partial charge in [-0.25, -0.2) is 0 Å². The molecular formula is C11H17NOS. The topological polar surface area (TPSA) is 46.2 Å². The van der Waals surface area contributed by atoms with Gasteiger partial charge in [-0.2, -0.15) is 0 Å². The number of hydrogen-bond donors (Lipinski definition) is 2. The fraction of sp³-hybridized carbons (Fsp3) is 0.455. The Hall–Kier alpha value is -0.670. The molecule has 78 valence electrons.